The monoisotopic (exact) mass is 360 g/mol. The van der Waals surface area contributed by atoms with Gasteiger partial charge in [-0.1, -0.05) is 30.3 Å². The number of hydrogen-bond acceptors (Lipinski definition) is 4. The molecule has 0 spiro atoms. The predicted octanol–water partition coefficient (Wildman–Crippen LogP) is 2.99. The lowest BCUT2D eigenvalue weighted by Gasteiger charge is -2.23. The summed E-state index contributed by atoms with van der Waals surface area (Å²) in [6, 6.07) is 9.86. The predicted molar refractivity (Wildman–Crippen MR) is 101 cm³/mol. The molecule has 2 aromatic rings. The standard InChI is InChI=1S/C19H28N4O3/c1-25-12-7-6-10-22(15-17-8-4-3-5-9-17)19(24)21-18-14-20-23(16-18)11-13-26-2/h3-5,8-9,14,16H,6-7,10-13,15H2,1-2H3,(H,21,24). The van der Waals surface area contributed by atoms with Gasteiger partial charge in [0.1, 0.15) is 0 Å². The molecule has 0 radical (unpaired) electrons. The van der Waals surface area contributed by atoms with Crippen molar-refractivity contribution in [2.75, 3.05) is 39.3 Å². The molecule has 1 heterocycles. The minimum Gasteiger partial charge on any atom is -0.385 e. The Morgan fingerprint density at radius 2 is 1.92 bits per heavy atom. The van der Waals surface area contributed by atoms with Crippen LogP contribution in [0.4, 0.5) is 10.5 Å². The third kappa shape index (κ3) is 6.85. The first kappa shape index (κ1) is 19.9. The van der Waals surface area contributed by atoms with Crippen LogP contribution >= 0.6 is 0 Å². The molecule has 0 unspecified atom stereocenters. The van der Waals surface area contributed by atoms with Gasteiger partial charge >= 0.3 is 6.03 Å². The summed E-state index contributed by atoms with van der Waals surface area (Å²) < 4.78 is 11.9. The van der Waals surface area contributed by atoms with Crippen molar-refractivity contribution in [3.05, 3.63) is 48.3 Å². The molecule has 0 atom stereocenters. The van der Waals surface area contributed by atoms with Gasteiger partial charge < -0.3 is 19.7 Å². The van der Waals surface area contributed by atoms with Crippen molar-refractivity contribution in [2.24, 2.45) is 0 Å². The Labute approximate surface area is 154 Å². The van der Waals surface area contributed by atoms with Crippen LogP contribution in [0.5, 0.6) is 0 Å². The van der Waals surface area contributed by atoms with E-state index >= 15 is 0 Å². The molecule has 0 aliphatic rings. The molecule has 2 amide bonds. The van der Waals surface area contributed by atoms with Gasteiger partial charge in [-0.3, -0.25) is 4.68 Å². The van der Waals surface area contributed by atoms with Gasteiger partial charge in [-0.25, -0.2) is 4.79 Å². The molecule has 26 heavy (non-hydrogen) atoms. The van der Waals surface area contributed by atoms with E-state index in [-0.39, 0.29) is 6.03 Å². The number of unbranched alkanes of at least 4 members (excludes halogenated alkanes) is 1. The number of hydrogen-bond donors (Lipinski definition) is 1. The maximum Gasteiger partial charge on any atom is 0.322 e. The summed E-state index contributed by atoms with van der Waals surface area (Å²) in [7, 11) is 3.34. The molecular weight excluding hydrogens is 332 g/mol. The van der Waals surface area contributed by atoms with Crippen molar-refractivity contribution in [2.45, 2.75) is 25.9 Å². The number of nitrogens with zero attached hydrogens (tertiary/aromatic N) is 3. The van der Waals surface area contributed by atoms with Crippen LogP contribution in [-0.2, 0) is 22.6 Å². The van der Waals surface area contributed by atoms with Crippen molar-refractivity contribution >= 4 is 11.7 Å². The molecule has 7 heteroatoms. The van der Waals surface area contributed by atoms with Gasteiger partial charge in [0, 0.05) is 40.1 Å². The molecule has 0 bridgehead atoms. The average molecular weight is 360 g/mol. The topological polar surface area (TPSA) is 68.6 Å². The van der Waals surface area contributed by atoms with Crippen LogP contribution in [0.25, 0.3) is 0 Å². The minimum absolute atomic E-state index is 0.127. The van der Waals surface area contributed by atoms with E-state index in [9.17, 15) is 4.79 Å². The first-order valence-electron chi connectivity index (χ1n) is 8.83. The largest absolute Gasteiger partial charge is 0.385 e. The first-order chi connectivity index (χ1) is 12.7. The molecule has 0 aliphatic carbocycles. The van der Waals surface area contributed by atoms with Gasteiger partial charge in [0.05, 0.1) is 25.0 Å². The summed E-state index contributed by atoms with van der Waals surface area (Å²) in [4.78, 5) is 14.5. The van der Waals surface area contributed by atoms with E-state index in [2.05, 4.69) is 10.4 Å². The number of anilines is 1. The number of carbonyl (C=O) groups excluding carboxylic acids is 1. The van der Waals surface area contributed by atoms with Crippen molar-refractivity contribution in [1.29, 1.82) is 0 Å². The highest BCUT2D eigenvalue weighted by molar-refractivity contribution is 5.89. The molecule has 1 N–H and O–H groups in total. The fraction of sp³-hybridized carbons (Fsp3) is 0.474. The molecule has 1 aromatic carbocycles. The second-order valence-electron chi connectivity index (χ2n) is 6.02. The van der Waals surface area contributed by atoms with Gasteiger partial charge in [-0.2, -0.15) is 5.10 Å². The lowest BCUT2D eigenvalue weighted by Crippen LogP contribution is -2.35. The summed E-state index contributed by atoms with van der Waals surface area (Å²) in [5.41, 5.74) is 1.78. The van der Waals surface area contributed by atoms with E-state index in [4.69, 9.17) is 9.47 Å². The van der Waals surface area contributed by atoms with Gasteiger partial charge in [0.2, 0.25) is 0 Å². The third-order valence-electron chi connectivity index (χ3n) is 3.94. The van der Waals surface area contributed by atoms with E-state index in [0.29, 0.717) is 38.5 Å². The average Bonchev–Trinajstić information content (AvgIpc) is 3.10. The molecule has 0 fully saturated rings. The lowest BCUT2D eigenvalue weighted by molar-refractivity contribution is 0.182. The van der Waals surface area contributed by atoms with Crippen LogP contribution in [0, 0.1) is 0 Å². The Morgan fingerprint density at radius 1 is 1.15 bits per heavy atom. The SMILES string of the molecule is COCCCCN(Cc1ccccc1)C(=O)Nc1cnn(CCOC)c1. The van der Waals surface area contributed by atoms with Gasteiger partial charge in [-0.15, -0.1) is 0 Å². The van der Waals surface area contributed by atoms with E-state index in [1.165, 1.54) is 0 Å². The zero-order valence-electron chi connectivity index (χ0n) is 15.6. The van der Waals surface area contributed by atoms with Crippen molar-refractivity contribution in [3.8, 4) is 0 Å². The minimum atomic E-state index is -0.127. The molecule has 0 saturated heterocycles. The summed E-state index contributed by atoms with van der Waals surface area (Å²) in [6.07, 6.45) is 5.27. The smallest absolute Gasteiger partial charge is 0.322 e. The lowest BCUT2D eigenvalue weighted by atomic mass is 10.2. The highest BCUT2D eigenvalue weighted by atomic mass is 16.5. The second kappa shape index (κ2) is 11.3. The number of benzene rings is 1. The highest BCUT2D eigenvalue weighted by Crippen LogP contribution is 2.11. The van der Waals surface area contributed by atoms with Crippen LogP contribution in [0.2, 0.25) is 0 Å². The number of amides is 2. The number of urea groups is 1. The number of rotatable bonds is 11. The van der Waals surface area contributed by atoms with Crippen LogP contribution < -0.4 is 5.32 Å². The van der Waals surface area contributed by atoms with Crippen molar-refractivity contribution in [1.82, 2.24) is 14.7 Å². The number of carbonyl (C=O) groups is 1. The summed E-state index contributed by atoms with van der Waals surface area (Å²) in [5, 5.41) is 7.16. The van der Waals surface area contributed by atoms with Gasteiger partial charge in [0.25, 0.3) is 0 Å². The van der Waals surface area contributed by atoms with E-state index in [1.54, 1.807) is 25.1 Å². The first-order valence-corrected chi connectivity index (χ1v) is 8.83. The van der Waals surface area contributed by atoms with E-state index in [1.807, 2.05) is 41.4 Å². The van der Waals surface area contributed by atoms with Gasteiger partial charge in [0.15, 0.2) is 0 Å². The number of methoxy groups -OCH3 is 2. The fourth-order valence-electron chi connectivity index (χ4n) is 2.54. The Balaban J connectivity index is 1.95. The van der Waals surface area contributed by atoms with E-state index < -0.39 is 0 Å². The van der Waals surface area contributed by atoms with Crippen molar-refractivity contribution in [3.63, 3.8) is 0 Å². The van der Waals surface area contributed by atoms with E-state index in [0.717, 1.165) is 18.4 Å². The fourth-order valence-corrected chi connectivity index (χ4v) is 2.54. The molecule has 0 saturated carbocycles. The second-order valence-corrected chi connectivity index (χ2v) is 6.02. The molecule has 2 rings (SSSR count). The molecule has 142 valence electrons. The third-order valence-corrected chi connectivity index (χ3v) is 3.94. The van der Waals surface area contributed by atoms with Crippen LogP contribution in [0.15, 0.2) is 42.7 Å². The maximum atomic E-state index is 12.7. The normalized spacial score (nSPS) is 10.7. The number of aromatic nitrogens is 2. The Bertz CT molecular complexity index is 645. The quantitative estimate of drug-likeness (QED) is 0.626. The highest BCUT2D eigenvalue weighted by Gasteiger charge is 2.15. The summed E-state index contributed by atoms with van der Waals surface area (Å²) in [5.74, 6) is 0. The molecule has 7 nitrogen and oxygen atoms in total. The summed E-state index contributed by atoms with van der Waals surface area (Å²) >= 11 is 0. The molecular formula is C19H28N4O3. The molecule has 1 aromatic heterocycles. The van der Waals surface area contributed by atoms with Crippen molar-refractivity contribution < 1.29 is 14.3 Å². The number of ether oxygens (including phenoxy) is 2. The Kier molecular flexibility index (Phi) is 8.65. The van der Waals surface area contributed by atoms with Crippen LogP contribution in [0.1, 0.15) is 18.4 Å². The Morgan fingerprint density at radius 3 is 2.65 bits per heavy atom. The summed E-state index contributed by atoms with van der Waals surface area (Å²) in [6.45, 7) is 3.16. The molecule has 0 aliphatic heterocycles. The zero-order valence-corrected chi connectivity index (χ0v) is 15.6. The van der Waals surface area contributed by atoms with Crippen LogP contribution in [-0.4, -0.2) is 54.7 Å². The number of nitrogens with one attached hydrogen (secondary N) is 1. The van der Waals surface area contributed by atoms with Gasteiger partial charge in [-0.05, 0) is 18.4 Å². The zero-order chi connectivity index (χ0) is 18.6. The Hall–Kier alpha value is -2.38. The maximum absolute atomic E-state index is 12.7. The van der Waals surface area contributed by atoms with Crippen LogP contribution in [0.3, 0.4) is 0 Å².